The molecule has 2 aromatic carbocycles. The van der Waals surface area contributed by atoms with Crippen molar-refractivity contribution in [3.05, 3.63) is 60.2 Å². The zero-order valence-electron chi connectivity index (χ0n) is 12.3. The molecule has 1 atom stereocenters. The SMILES string of the molecule is CN(C)C(=O)C[S@](=O)Cc1cccc(-c2ccccc2)c1. The van der Waals surface area contributed by atoms with E-state index in [1.54, 1.807) is 14.1 Å². The molecule has 0 aliphatic heterocycles. The van der Waals surface area contributed by atoms with Gasteiger partial charge in [-0.1, -0.05) is 54.6 Å². The molecule has 1 amide bonds. The van der Waals surface area contributed by atoms with Gasteiger partial charge in [-0.2, -0.15) is 0 Å². The van der Waals surface area contributed by atoms with Gasteiger partial charge in [-0.25, -0.2) is 0 Å². The third kappa shape index (κ3) is 4.53. The van der Waals surface area contributed by atoms with Crippen molar-refractivity contribution < 1.29 is 9.00 Å². The average Bonchev–Trinajstić information content (AvgIpc) is 2.48. The first-order valence-electron chi connectivity index (χ1n) is 6.76. The molecule has 0 N–H and O–H groups in total. The Morgan fingerprint density at radius 3 is 2.33 bits per heavy atom. The Hall–Kier alpha value is -1.94. The van der Waals surface area contributed by atoms with Crippen LogP contribution in [0.15, 0.2) is 54.6 Å². The summed E-state index contributed by atoms with van der Waals surface area (Å²) in [6.45, 7) is 0. The number of amides is 1. The highest BCUT2D eigenvalue weighted by Gasteiger charge is 2.10. The first-order valence-corrected chi connectivity index (χ1v) is 8.24. The van der Waals surface area contributed by atoms with Gasteiger partial charge in [0.2, 0.25) is 5.91 Å². The standard InChI is InChI=1S/C17H19NO2S/c1-18(2)17(19)13-21(20)12-14-7-6-10-16(11-14)15-8-4-3-5-9-15/h3-11H,12-13H2,1-2H3/t21-/m1/s1. The van der Waals surface area contributed by atoms with Gasteiger partial charge >= 0.3 is 0 Å². The molecule has 0 unspecified atom stereocenters. The van der Waals surface area contributed by atoms with E-state index in [0.29, 0.717) is 5.75 Å². The molecule has 110 valence electrons. The van der Waals surface area contributed by atoms with E-state index in [2.05, 4.69) is 0 Å². The van der Waals surface area contributed by atoms with Crippen LogP contribution in [0.25, 0.3) is 11.1 Å². The third-order valence-electron chi connectivity index (χ3n) is 3.15. The van der Waals surface area contributed by atoms with Crippen molar-refractivity contribution in [1.29, 1.82) is 0 Å². The molecule has 0 aliphatic carbocycles. The van der Waals surface area contributed by atoms with Crippen LogP contribution < -0.4 is 0 Å². The summed E-state index contributed by atoms with van der Waals surface area (Å²) in [5, 5.41) is 0. The monoisotopic (exact) mass is 301 g/mol. The van der Waals surface area contributed by atoms with Crippen LogP contribution in [0.4, 0.5) is 0 Å². The Kier molecular flexibility index (Phi) is 5.28. The van der Waals surface area contributed by atoms with Gasteiger partial charge < -0.3 is 4.90 Å². The lowest BCUT2D eigenvalue weighted by Gasteiger charge is -2.10. The van der Waals surface area contributed by atoms with Crippen LogP contribution in [0.1, 0.15) is 5.56 Å². The van der Waals surface area contributed by atoms with E-state index in [1.807, 2.05) is 54.6 Å². The van der Waals surface area contributed by atoms with Crippen LogP contribution in [0, 0.1) is 0 Å². The van der Waals surface area contributed by atoms with Gasteiger partial charge in [0.05, 0.1) is 0 Å². The van der Waals surface area contributed by atoms with Crippen LogP contribution in [0.2, 0.25) is 0 Å². The highest BCUT2D eigenvalue weighted by atomic mass is 32.2. The quantitative estimate of drug-likeness (QED) is 0.851. The zero-order valence-corrected chi connectivity index (χ0v) is 13.1. The van der Waals surface area contributed by atoms with E-state index in [-0.39, 0.29) is 11.7 Å². The predicted molar refractivity (Wildman–Crippen MR) is 87.3 cm³/mol. The molecule has 0 saturated heterocycles. The van der Waals surface area contributed by atoms with Crippen molar-refractivity contribution >= 4 is 16.7 Å². The average molecular weight is 301 g/mol. The number of rotatable bonds is 5. The summed E-state index contributed by atoms with van der Waals surface area (Å²) >= 11 is 0. The summed E-state index contributed by atoms with van der Waals surface area (Å²) in [6, 6.07) is 18.0. The topological polar surface area (TPSA) is 37.4 Å². The van der Waals surface area contributed by atoms with Crippen LogP contribution in [-0.2, 0) is 21.3 Å². The van der Waals surface area contributed by atoms with Crippen molar-refractivity contribution in [2.24, 2.45) is 0 Å². The van der Waals surface area contributed by atoms with Crippen LogP contribution in [0.5, 0.6) is 0 Å². The van der Waals surface area contributed by atoms with Gasteiger partial charge in [0.1, 0.15) is 5.75 Å². The maximum Gasteiger partial charge on any atom is 0.234 e. The minimum Gasteiger partial charge on any atom is -0.348 e. The normalized spacial score (nSPS) is 11.9. The molecule has 2 rings (SSSR count). The Morgan fingerprint density at radius 1 is 1.00 bits per heavy atom. The first-order chi connectivity index (χ1) is 10.1. The van der Waals surface area contributed by atoms with E-state index in [0.717, 1.165) is 16.7 Å². The van der Waals surface area contributed by atoms with E-state index in [9.17, 15) is 9.00 Å². The van der Waals surface area contributed by atoms with Crippen LogP contribution in [-0.4, -0.2) is 34.9 Å². The second kappa shape index (κ2) is 7.18. The maximum atomic E-state index is 12.0. The highest BCUT2D eigenvalue weighted by molar-refractivity contribution is 7.84. The summed E-state index contributed by atoms with van der Waals surface area (Å²) < 4.78 is 12.0. The molecule has 0 bridgehead atoms. The Morgan fingerprint density at radius 2 is 1.67 bits per heavy atom. The first kappa shape index (κ1) is 15.4. The molecule has 0 fully saturated rings. The fourth-order valence-corrected chi connectivity index (χ4v) is 3.16. The Labute approximate surface area is 128 Å². The van der Waals surface area contributed by atoms with Gasteiger partial charge in [0.25, 0.3) is 0 Å². The maximum absolute atomic E-state index is 12.0. The number of carbonyl (C=O) groups is 1. The van der Waals surface area contributed by atoms with Crippen molar-refractivity contribution in [2.45, 2.75) is 5.75 Å². The summed E-state index contributed by atoms with van der Waals surface area (Å²) in [5.74, 6) is 0.371. The van der Waals surface area contributed by atoms with Gasteiger partial charge in [-0.15, -0.1) is 0 Å². The number of hydrogen-bond acceptors (Lipinski definition) is 2. The van der Waals surface area contributed by atoms with Crippen molar-refractivity contribution in [3.63, 3.8) is 0 Å². The van der Waals surface area contributed by atoms with E-state index in [4.69, 9.17) is 0 Å². The number of nitrogens with zero attached hydrogens (tertiary/aromatic N) is 1. The molecule has 0 aliphatic rings. The van der Waals surface area contributed by atoms with Gasteiger partial charge in [-0.05, 0) is 16.7 Å². The largest absolute Gasteiger partial charge is 0.348 e. The third-order valence-corrected chi connectivity index (χ3v) is 4.37. The Bertz CT molecular complexity index is 638. The summed E-state index contributed by atoms with van der Waals surface area (Å²) in [4.78, 5) is 13.0. The molecule has 3 nitrogen and oxygen atoms in total. The lowest BCUT2D eigenvalue weighted by atomic mass is 10.0. The molecule has 21 heavy (non-hydrogen) atoms. The number of benzene rings is 2. The van der Waals surface area contributed by atoms with E-state index >= 15 is 0 Å². The van der Waals surface area contributed by atoms with Crippen molar-refractivity contribution in [3.8, 4) is 11.1 Å². The van der Waals surface area contributed by atoms with E-state index in [1.165, 1.54) is 4.90 Å². The minimum absolute atomic E-state index is 0.0720. The van der Waals surface area contributed by atoms with E-state index < -0.39 is 10.8 Å². The molecule has 0 radical (unpaired) electrons. The molecular weight excluding hydrogens is 282 g/mol. The minimum atomic E-state index is -1.18. The van der Waals surface area contributed by atoms with Crippen molar-refractivity contribution in [2.75, 3.05) is 19.8 Å². The molecule has 0 aromatic heterocycles. The molecular formula is C17H19NO2S. The second-order valence-electron chi connectivity index (χ2n) is 5.08. The fraction of sp³-hybridized carbons (Fsp3) is 0.235. The lowest BCUT2D eigenvalue weighted by Crippen LogP contribution is -2.27. The van der Waals surface area contributed by atoms with Gasteiger partial charge in [0, 0.05) is 30.6 Å². The molecule has 0 heterocycles. The summed E-state index contributed by atoms with van der Waals surface area (Å²) in [5.41, 5.74) is 3.22. The molecule has 4 heteroatoms. The number of hydrogen-bond donors (Lipinski definition) is 0. The zero-order chi connectivity index (χ0) is 15.2. The molecule has 2 aromatic rings. The number of carbonyl (C=O) groups excluding carboxylic acids is 1. The Balaban J connectivity index is 2.08. The summed E-state index contributed by atoms with van der Waals surface area (Å²) in [7, 11) is 2.17. The highest BCUT2D eigenvalue weighted by Crippen LogP contribution is 2.20. The summed E-state index contributed by atoms with van der Waals surface area (Å²) in [6.07, 6.45) is 0. The predicted octanol–water partition coefficient (Wildman–Crippen LogP) is 2.69. The smallest absolute Gasteiger partial charge is 0.234 e. The molecule has 0 spiro atoms. The second-order valence-corrected chi connectivity index (χ2v) is 6.54. The lowest BCUT2D eigenvalue weighted by molar-refractivity contribution is -0.125. The molecule has 0 saturated carbocycles. The van der Waals surface area contributed by atoms with Crippen molar-refractivity contribution in [1.82, 2.24) is 4.90 Å². The fourth-order valence-electron chi connectivity index (χ4n) is 1.98. The van der Waals surface area contributed by atoms with Gasteiger partial charge in [-0.3, -0.25) is 9.00 Å². The van der Waals surface area contributed by atoms with Crippen LogP contribution in [0.3, 0.4) is 0 Å². The van der Waals surface area contributed by atoms with Crippen LogP contribution >= 0.6 is 0 Å². The van der Waals surface area contributed by atoms with Gasteiger partial charge in [0.15, 0.2) is 0 Å².